The summed E-state index contributed by atoms with van der Waals surface area (Å²) in [5.74, 6) is 0.307. The maximum Gasteiger partial charge on any atom is 0.354 e. The molecule has 0 saturated carbocycles. The minimum atomic E-state index is -0.395. The van der Waals surface area contributed by atoms with E-state index < -0.39 is 5.97 Å². The first-order valence-electron chi connectivity index (χ1n) is 9.20. The molecular weight excluding hydrogens is 356 g/mol. The molecule has 28 heavy (non-hydrogen) atoms. The van der Waals surface area contributed by atoms with Crippen LogP contribution in [0.5, 0.6) is 0 Å². The fourth-order valence-electron chi connectivity index (χ4n) is 3.16. The van der Waals surface area contributed by atoms with Crippen LogP contribution in [-0.4, -0.2) is 35.0 Å². The third kappa shape index (κ3) is 4.17. The van der Waals surface area contributed by atoms with Crippen LogP contribution in [0, 0.1) is 0 Å². The minimum Gasteiger partial charge on any atom is -0.467 e. The van der Waals surface area contributed by atoms with Crippen molar-refractivity contribution in [1.29, 1.82) is 0 Å². The largest absolute Gasteiger partial charge is 0.467 e. The van der Waals surface area contributed by atoms with Crippen LogP contribution in [0.15, 0.2) is 59.3 Å². The van der Waals surface area contributed by atoms with Gasteiger partial charge >= 0.3 is 5.97 Å². The van der Waals surface area contributed by atoms with E-state index in [4.69, 9.17) is 9.15 Å². The summed E-state index contributed by atoms with van der Waals surface area (Å²) in [6.45, 7) is 3.11. The molecule has 0 aliphatic rings. The van der Waals surface area contributed by atoms with Crippen molar-refractivity contribution in [3.05, 3.63) is 71.9 Å². The maximum atomic E-state index is 13.1. The van der Waals surface area contributed by atoms with Gasteiger partial charge in [-0.25, -0.2) is 4.79 Å². The summed E-state index contributed by atoms with van der Waals surface area (Å²) in [5, 5.41) is 0. The third-order valence-electron chi connectivity index (χ3n) is 4.55. The van der Waals surface area contributed by atoms with Crippen molar-refractivity contribution in [2.45, 2.75) is 19.9 Å². The van der Waals surface area contributed by atoms with Gasteiger partial charge in [0.25, 0.3) is 5.91 Å². The number of amides is 1. The second kappa shape index (κ2) is 8.61. The van der Waals surface area contributed by atoms with E-state index in [0.717, 1.165) is 23.3 Å². The number of hydrogen-bond donors (Lipinski definition) is 0. The average Bonchev–Trinajstić information content (AvgIpc) is 3.36. The number of benzene rings is 1. The Balaban J connectivity index is 1.87. The Hall–Kier alpha value is -3.28. The SMILES string of the molecule is CCCN(Cc1ccco1)C(=O)c1cccc(-c2cc(C(=O)OC)n(C)c2)c1. The second-order valence-corrected chi connectivity index (χ2v) is 6.60. The summed E-state index contributed by atoms with van der Waals surface area (Å²) in [5.41, 5.74) is 2.78. The Bertz CT molecular complexity index is 957. The van der Waals surface area contributed by atoms with Crippen molar-refractivity contribution in [2.24, 2.45) is 7.05 Å². The van der Waals surface area contributed by atoms with Gasteiger partial charge < -0.3 is 18.6 Å². The highest BCUT2D eigenvalue weighted by Crippen LogP contribution is 2.24. The molecular formula is C22H24N2O4. The van der Waals surface area contributed by atoms with Gasteiger partial charge in [-0.1, -0.05) is 19.1 Å². The summed E-state index contributed by atoms with van der Waals surface area (Å²) in [6.07, 6.45) is 4.31. The molecule has 0 saturated heterocycles. The van der Waals surface area contributed by atoms with E-state index in [1.807, 2.05) is 43.5 Å². The zero-order valence-corrected chi connectivity index (χ0v) is 16.3. The third-order valence-corrected chi connectivity index (χ3v) is 4.55. The lowest BCUT2D eigenvalue weighted by Crippen LogP contribution is -2.31. The average molecular weight is 380 g/mol. The molecule has 0 N–H and O–H groups in total. The van der Waals surface area contributed by atoms with Crippen LogP contribution in [0.4, 0.5) is 0 Å². The number of furan rings is 1. The summed E-state index contributed by atoms with van der Waals surface area (Å²) < 4.78 is 11.9. The maximum absolute atomic E-state index is 13.1. The summed E-state index contributed by atoms with van der Waals surface area (Å²) in [6, 6.07) is 12.9. The molecule has 146 valence electrons. The zero-order valence-electron chi connectivity index (χ0n) is 16.3. The topological polar surface area (TPSA) is 64.7 Å². The quantitative estimate of drug-likeness (QED) is 0.578. The molecule has 2 heterocycles. The van der Waals surface area contributed by atoms with E-state index in [2.05, 4.69) is 0 Å². The molecule has 0 spiro atoms. The van der Waals surface area contributed by atoms with Crippen molar-refractivity contribution in [2.75, 3.05) is 13.7 Å². The normalized spacial score (nSPS) is 10.7. The van der Waals surface area contributed by atoms with Crippen molar-refractivity contribution < 1.29 is 18.7 Å². The molecule has 0 radical (unpaired) electrons. The van der Waals surface area contributed by atoms with E-state index in [1.54, 1.807) is 34.9 Å². The molecule has 6 nitrogen and oxygen atoms in total. The first kappa shape index (κ1) is 19.5. The molecule has 6 heteroatoms. The standard InChI is InChI=1S/C22H24N2O4/c1-4-10-24(15-19-9-6-11-28-19)21(25)17-8-5-7-16(12-17)18-13-20(22(26)27-3)23(2)14-18/h5-9,11-14H,4,10,15H2,1-3H3. The lowest BCUT2D eigenvalue weighted by molar-refractivity contribution is 0.0589. The van der Waals surface area contributed by atoms with Gasteiger partial charge in [0.15, 0.2) is 0 Å². The number of carbonyl (C=O) groups excluding carboxylic acids is 2. The molecule has 1 amide bonds. The number of ether oxygens (including phenoxy) is 1. The van der Waals surface area contributed by atoms with Gasteiger partial charge in [0.05, 0.1) is 19.9 Å². The second-order valence-electron chi connectivity index (χ2n) is 6.60. The van der Waals surface area contributed by atoms with Crippen LogP contribution in [-0.2, 0) is 18.3 Å². The Morgan fingerprint density at radius 1 is 1.14 bits per heavy atom. The lowest BCUT2D eigenvalue weighted by Gasteiger charge is -2.21. The van der Waals surface area contributed by atoms with E-state index in [9.17, 15) is 9.59 Å². The van der Waals surface area contributed by atoms with Gasteiger partial charge in [-0.05, 0) is 42.3 Å². The predicted molar refractivity (Wildman–Crippen MR) is 106 cm³/mol. The molecule has 0 aliphatic carbocycles. The molecule has 3 rings (SSSR count). The fourth-order valence-corrected chi connectivity index (χ4v) is 3.16. The number of esters is 1. The smallest absolute Gasteiger partial charge is 0.354 e. The van der Waals surface area contributed by atoms with Crippen molar-refractivity contribution in [3.8, 4) is 11.1 Å². The molecule has 0 unspecified atom stereocenters. The Morgan fingerprint density at radius 2 is 1.96 bits per heavy atom. The highest BCUT2D eigenvalue weighted by Gasteiger charge is 2.18. The van der Waals surface area contributed by atoms with Crippen LogP contribution in [0.2, 0.25) is 0 Å². The van der Waals surface area contributed by atoms with E-state index >= 15 is 0 Å². The Morgan fingerprint density at radius 3 is 2.64 bits per heavy atom. The summed E-state index contributed by atoms with van der Waals surface area (Å²) >= 11 is 0. The van der Waals surface area contributed by atoms with Gasteiger partial charge in [-0.3, -0.25) is 4.79 Å². The first-order chi connectivity index (χ1) is 13.5. The zero-order chi connectivity index (χ0) is 20.1. The van der Waals surface area contributed by atoms with Gasteiger partial charge in [-0.2, -0.15) is 0 Å². The van der Waals surface area contributed by atoms with Crippen LogP contribution in [0.1, 0.15) is 40.0 Å². The van der Waals surface area contributed by atoms with Gasteiger partial charge in [0.2, 0.25) is 0 Å². The number of methoxy groups -OCH3 is 1. The van der Waals surface area contributed by atoms with E-state index in [1.165, 1.54) is 7.11 Å². The van der Waals surface area contributed by atoms with E-state index in [0.29, 0.717) is 24.3 Å². The number of carbonyl (C=O) groups is 2. The van der Waals surface area contributed by atoms with Crippen LogP contribution in [0.25, 0.3) is 11.1 Å². The van der Waals surface area contributed by atoms with Crippen molar-refractivity contribution >= 4 is 11.9 Å². The monoisotopic (exact) mass is 380 g/mol. The fraction of sp³-hybridized carbons (Fsp3) is 0.273. The van der Waals surface area contributed by atoms with Gasteiger partial charge in [-0.15, -0.1) is 0 Å². The molecule has 0 bridgehead atoms. The number of aryl methyl sites for hydroxylation is 1. The number of nitrogens with zero attached hydrogens (tertiary/aromatic N) is 2. The molecule has 1 aromatic carbocycles. The number of rotatable bonds is 7. The lowest BCUT2D eigenvalue weighted by atomic mass is 10.0. The molecule has 0 atom stereocenters. The van der Waals surface area contributed by atoms with E-state index in [-0.39, 0.29) is 5.91 Å². The number of hydrogen-bond acceptors (Lipinski definition) is 4. The minimum absolute atomic E-state index is 0.0516. The van der Waals surface area contributed by atoms with Crippen molar-refractivity contribution in [3.63, 3.8) is 0 Å². The van der Waals surface area contributed by atoms with Crippen LogP contribution >= 0.6 is 0 Å². The highest BCUT2D eigenvalue weighted by atomic mass is 16.5. The molecule has 3 aromatic rings. The molecule has 2 aromatic heterocycles. The molecule has 0 aliphatic heterocycles. The van der Waals surface area contributed by atoms with Crippen molar-refractivity contribution in [1.82, 2.24) is 9.47 Å². The van der Waals surface area contributed by atoms with Gasteiger partial charge in [0.1, 0.15) is 11.5 Å². The van der Waals surface area contributed by atoms with Crippen LogP contribution < -0.4 is 0 Å². The first-order valence-corrected chi connectivity index (χ1v) is 9.20. The summed E-state index contributed by atoms with van der Waals surface area (Å²) in [4.78, 5) is 26.7. The molecule has 0 fully saturated rings. The highest BCUT2D eigenvalue weighted by molar-refractivity contribution is 5.96. The number of aromatic nitrogens is 1. The Kier molecular flexibility index (Phi) is 5.99. The Labute approximate surface area is 164 Å². The van der Waals surface area contributed by atoms with Crippen LogP contribution in [0.3, 0.4) is 0 Å². The summed E-state index contributed by atoms with van der Waals surface area (Å²) in [7, 11) is 3.15. The predicted octanol–water partition coefficient (Wildman–Crippen LogP) is 4.12. The van der Waals surface area contributed by atoms with Gasteiger partial charge in [0, 0.05) is 30.9 Å².